The molecule has 1 heteroatoms. The summed E-state index contributed by atoms with van der Waals surface area (Å²) < 4.78 is 5.03. The van der Waals surface area contributed by atoms with Gasteiger partial charge in [-0.1, -0.05) is 34.6 Å². The van der Waals surface area contributed by atoms with Gasteiger partial charge in [0.1, 0.15) is 0 Å². The number of ether oxygens (including phenoxy) is 1. The van der Waals surface area contributed by atoms with Gasteiger partial charge < -0.3 is 4.74 Å². The Bertz CT molecular complexity index is 74.1. The third kappa shape index (κ3) is 5.25. The second-order valence-electron chi connectivity index (χ2n) is 3.52. The molecule has 0 spiro atoms. The summed E-state index contributed by atoms with van der Waals surface area (Å²) in [5.41, 5.74) is 0. The molecule has 1 aliphatic carbocycles. The van der Waals surface area contributed by atoms with Crippen LogP contribution in [0.25, 0.3) is 0 Å². The van der Waals surface area contributed by atoms with E-state index in [1.165, 1.54) is 12.8 Å². The van der Waals surface area contributed by atoms with Gasteiger partial charge >= 0.3 is 0 Å². The third-order valence-electron chi connectivity index (χ3n) is 1.42. The Labute approximate surface area is 71.1 Å². The molecule has 2 rings (SSSR count). The average molecular weight is 158 g/mol. The van der Waals surface area contributed by atoms with E-state index in [-0.39, 0.29) is 0 Å². The Morgan fingerprint density at radius 2 is 1.27 bits per heavy atom. The van der Waals surface area contributed by atoms with Gasteiger partial charge in [-0.25, -0.2) is 0 Å². The fourth-order valence-electron chi connectivity index (χ4n) is 0.754. The van der Waals surface area contributed by atoms with E-state index < -0.39 is 0 Å². The fourth-order valence-corrected chi connectivity index (χ4v) is 0.754. The molecule has 0 radical (unpaired) electrons. The van der Waals surface area contributed by atoms with Gasteiger partial charge in [0, 0.05) is 0 Å². The van der Waals surface area contributed by atoms with E-state index in [1.54, 1.807) is 0 Å². The summed E-state index contributed by atoms with van der Waals surface area (Å²) in [7, 11) is 0. The van der Waals surface area contributed by atoms with Gasteiger partial charge in [-0.05, 0) is 18.8 Å². The summed E-state index contributed by atoms with van der Waals surface area (Å²) in [5, 5.41) is 0. The molecular formula is C10H22O. The number of fused-ring (bicyclic) bond motifs is 1. The maximum absolute atomic E-state index is 5.03. The molecular weight excluding hydrogens is 136 g/mol. The van der Waals surface area contributed by atoms with E-state index in [0.717, 1.165) is 18.1 Å². The highest BCUT2D eigenvalue weighted by molar-refractivity contribution is 4.94. The highest BCUT2D eigenvalue weighted by Gasteiger charge is 2.46. The van der Waals surface area contributed by atoms with E-state index >= 15 is 0 Å². The topological polar surface area (TPSA) is 12.5 Å². The van der Waals surface area contributed by atoms with Crippen molar-refractivity contribution in [2.45, 2.75) is 59.7 Å². The van der Waals surface area contributed by atoms with Gasteiger partial charge in [-0.3, -0.25) is 0 Å². The van der Waals surface area contributed by atoms with Crippen LogP contribution >= 0.6 is 0 Å². The minimum absolute atomic E-state index is 0.731. The van der Waals surface area contributed by atoms with Crippen LogP contribution in [0.15, 0.2) is 0 Å². The Balaban J connectivity index is 0.000000154. The van der Waals surface area contributed by atoms with Gasteiger partial charge in [0.25, 0.3) is 0 Å². The minimum Gasteiger partial charge on any atom is -0.370 e. The summed E-state index contributed by atoms with van der Waals surface area (Å²) in [4.78, 5) is 0. The number of hydrogen-bond donors (Lipinski definition) is 0. The first-order chi connectivity index (χ1) is 5.20. The molecule has 0 aromatic heterocycles. The van der Waals surface area contributed by atoms with Crippen molar-refractivity contribution in [2.75, 3.05) is 0 Å². The first-order valence-electron chi connectivity index (χ1n) is 4.85. The third-order valence-corrected chi connectivity index (χ3v) is 1.42. The quantitative estimate of drug-likeness (QED) is 0.493. The van der Waals surface area contributed by atoms with Crippen molar-refractivity contribution < 1.29 is 4.74 Å². The summed E-state index contributed by atoms with van der Waals surface area (Å²) in [5.74, 6) is 0.833. The van der Waals surface area contributed by atoms with Crippen LogP contribution in [0.4, 0.5) is 0 Å². The predicted molar refractivity (Wildman–Crippen MR) is 49.8 cm³/mol. The minimum atomic E-state index is 0.731. The van der Waals surface area contributed by atoms with E-state index in [2.05, 4.69) is 20.8 Å². The molecule has 0 bridgehead atoms. The zero-order valence-electron chi connectivity index (χ0n) is 8.55. The Morgan fingerprint density at radius 3 is 1.27 bits per heavy atom. The molecule has 0 aromatic carbocycles. The second-order valence-corrected chi connectivity index (χ2v) is 3.52. The lowest BCUT2D eigenvalue weighted by atomic mass is 10.0. The van der Waals surface area contributed by atoms with Crippen LogP contribution in [0, 0.1) is 5.92 Å². The molecule has 11 heavy (non-hydrogen) atoms. The molecule has 2 atom stereocenters. The molecule has 1 heterocycles. The van der Waals surface area contributed by atoms with Crippen LogP contribution < -0.4 is 0 Å². The Hall–Kier alpha value is -0.0400. The number of rotatable bonds is 0. The number of hydrogen-bond acceptors (Lipinski definition) is 1. The summed E-state index contributed by atoms with van der Waals surface area (Å²) in [6, 6.07) is 0. The van der Waals surface area contributed by atoms with Crippen molar-refractivity contribution in [2.24, 2.45) is 5.92 Å². The zero-order chi connectivity index (χ0) is 8.85. The van der Waals surface area contributed by atoms with Crippen LogP contribution in [-0.4, -0.2) is 12.2 Å². The standard InChI is InChI=1S/C4H6O.C4H10.C2H6/c1-2-4-3(1)5-4;1-4(2)3;1-2/h3-4H,1-2H2;4H,1-3H3;1-2H3. The van der Waals surface area contributed by atoms with E-state index in [4.69, 9.17) is 4.74 Å². The van der Waals surface area contributed by atoms with Crippen LogP contribution in [-0.2, 0) is 4.74 Å². The van der Waals surface area contributed by atoms with Gasteiger partial charge in [0.15, 0.2) is 0 Å². The lowest BCUT2D eigenvalue weighted by Gasteiger charge is -1.97. The molecule has 0 aromatic rings. The molecule has 68 valence electrons. The predicted octanol–water partition coefficient (Wildman–Crippen LogP) is 3.24. The summed E-state index contributed by atoms with van der Waals surface area (Å²) in [6.45, 7) is 10.5. The lowest BCUT2D eigenvalue weighted by Crippen LogP contribution is -2.04. The van der Waals surface area contributed by atoms with E-state index in [0.29, 0.717) is 0 Å². The molecule has 0 amide bonds. The molecule has 1 nitrogen and oxygen atoms in total. The largest absolute Gasteiger partial charge is 0.370 e. The molecule has 0 N–H and O–H groups in total. The lowest BCUT2D eigenvalue weighted by molar-refractivity contribution is 0.417. The van der Waals surface area contributed by atoms with Crippen molar-refractivity contribution in [3.05, 3.63) is 0 Å². The van der Waals surface area contributed by atoms with Crippen molar-refractivity contribution in [3.8, 4) is 0 Å². The average Bonchev–Trinajstić information content (AvgIpc) is 2.43. The Morgan fingerprint density at radius 1 is 1.00 bits per heavy atom. The SMILES string of the molecule is C1CC2OC12.CC.CC(C)C. The van der Waals surface area contributed by atoms with Crippen LogP contribution in [0.2, 0.25) is 0 Å². The van der Waals surface area contributed by atoms with Gasteiger partial charge in [0.05, 0.1) is 12.2 Å². The van der Waals surface area contributed by atoms with Gasteiger partial charge in [0.2, 0.25) is 0 Å². The highest BCUT2D eigenvalue weighted by Crippen LogP contribution is 2.40. The van der Waals surface area contributed by atoms with Crippen LogP contribution in [0.3, 0.4) is 0 Å². The number of epoxide rings is 1. The van der Waals surface area contributed by atoms with Gasteiger partial charge in [-0.2, -0.15) is 0 Å². The molecule has 2 unspecified atom stereocenters. The monoisotopic (exact) mass is 158 g/mol. The van der Waals surface area contributed by atoms with Gasteiger partial charge in [-0.15, -0.1) is 0 Å². The summed E-state index contributed by atoms with van der Waals surface area (Å²) >= 11 is 0. The van der Waals surface area contributed by atoms with E-state index in [1.807, 2.05) is 13.8 Å². The van der Waals surface area contributed by atoms with Crippen molar-refractivity contribution in [1.82, 2.24) is 0 Å². The normalized spacial score (nSPS) is 30.0. The molecule has 1 saturated heterocycles. The summed E-state index contributed by atoms with van der Waals surface area (Å²) in [6.07, 6.45) is 4.14. The maximum Gasteiger partial charge on any atom is 0.0842 e. The van der Waals surface area contributed by atoms with Crippen LogP contribution in [0.1, 0.15) is 47.5 Å². The molecule has 1 saturated carbocycles. The highest BCUT2D eigenvalue weighted by atomic mass is 16.6. The van der Waals surface area contributed by atoms with E-state index in [9.17, 15) is 0 Å². The maximum atomic E-state index is 5.03. The first kappa shape index (κ1) is 11.0. The Kier molecular flexibility index (Phi) is 5.57. The molecule has 2 fully saturated rings. The van der Waals surface area contributed by atoms with Crippen molar-refractivity contribution in [1.29, 1.82) is 0 Å². The first-order valence-corrected chi connectivity index (χ1v) is 4.85. The molecule has 1 aliphatic heterocycles. The van der Waals surface area contributed by atoms with Crippen molar-refractivity contribution >= 4 is 0 Å². The molecule has 2 aliphatic rings. The van der Waals surface area contributed by atoms with Crippen molar-refractivity contribution in [3.63, 3.8) is 0 Å². The second kappa shape index (κ2) is 5.59. The fraction of sp³-hybridized carbons (Fsp3) is 1.00. The van der Waals surface area contributed by atoms with Crippen LogP contribution in [0.5, 0.6) is 0 Å². The smallest absolute Gasteiger partial charge is 0.0842 e. The zero-order valence-corrected chi connectivity index (χ0v) is 8.55.